The molecule has 0 fully saturated rings. The fraction of sp³-hybridized carbons (Fsp3) is 0.308. The van der Waals surface area contributed by atoms with Gasteiger partial charge in [0.05, 0.1) is 13.7 Å². The zero-order valence-corrected chi connectivity index (χ0v) is 28.1. The summed E-state index contributed by atoms with van der Waals surface area (Å²) in [5.41, 5.74) is 5.64. The highest BCUT2D eigenvalue weighted by Gasteiger charge is 2.33. The number of hydrogen-bond donors (Lipinski definition) is 0. The molecule has 0 unspecified atom stereocenters. The summed E-state index contributed by atoms with van der Waals surface area (Å²) in [6.07, 6.45) is 2.02. The predicted molar refractivity (Wildman–Crippen MR) is 186 cm³/mol. The second kappa shape index (κ2) is 16.5. The van der Waals surface area contributed by atoms with Gasteiger partial charge in [-0.15, -0.1) is 5.10 Å². The Morgan fingerprint density at radius 1 is 0.833 bits per heavy atom. The van der Waals surface area contributed by atoms with Crippen LogP contribution in [-0.2, 0) is 34.0 Å². The van der Waals surface area contributed by atoms with Gasteiger partial charge in [0.15, 0.2) is 5.82 Å². The van der Waals surface area contributed by atoms with Crippen LogP contribution in [0, 0.1) is 5.92 Å². The minimum absolute atomic E-state index is 0.0523. The van der Waals surface area contributed by atoms with E-state index in [0.29, 0.717) is 25.3 Å². The molecule has 0 aliphatic rings. The van der Waals surface area contributed by atoms with E-state index in [-0.39, 0.29) is 18.4 Å². The summed E-state index contributed by atoms with van der Waals surface area (Å²) in [4.78, 5) is 28.8. The zero-order valence-electron chi connectivity index (χ0n) is 28.1. The molecule has 1 heterocycles. The van der Waals surface area contributed by atoms with E-state index in [0.717, 1.165) is 52.0 Å². The molecule has 1 amide bonds. The van der Waals surface area contributed by atoms with E-state index in [4.69, 9.17) is 9.47 Å². The van der Waals surface area contributed by atoms with Gasteiger partial charge in [-0.3, -0.25) is 4.79 Å². The molecule has 9 nitrogen and oxygen atoms in total. The molecule has 0 aliphatic carbocycles. The minimum Gasteiger partial charge on any atom is -0.496 e. The van der Waals surface area contributed by atoms with Crippen molar-refractivity contribution in [2.45, 2.75) is 65.8 Å². The number of carbonyl (C=O) groups excluding carboxylic acids is 2. The number of benzene rings is 4. The molecule has 5 aromatic rings. The number of nitrogens with zero attached hydrogens (tertiary/aromatic N) is 5. The van der Waals surface area contributed by atoms with Crippen LogP contribution >= 0.6 is 0 Å². The number of esters is 1. The Kier molecular flexibility index (Phi) is 11.7. The average molecular weight is 646 g/mol. The van der Waals surface area contributed by atoms with Gasteiger partial charge in [0.1, 0.15) is 18.4 Å². The van der Waals surface area contributed by atoms with Crippen LogP contribution in [0.5, 0.6) is 5.75 Å². The average Bonchev–Trinajstić information content (AvgIpc) is 3.58. The summed E-state index contributed by atoms with van der Waals surface area (Å²) in [7, 11) is 1.65. The molecule has 1 aromatic heterocycles. The number of carbonyl (C=O) groups is 2. The SMILES string of the molecule is CCCCC(=O)N(Cc1ccc(-c2ccccc2-c2nnnn2Cc2ccccc2OC)cc1)[C@H](C(=O)OCc1ccccc1)C(C)C. The highest BCUT2D eigenvalue weighted by atomic mass is 16.5. The van der Waals surface area contributed by atoms with Gasteiger partial charge in [-0.2, -0.15) is 0 Å². The van der Waals surface area contributed by atoms with Crippen molar-refractivity contribution in [3.63, 3.8) is 0 Å². The fourth-order valence-corrected chi connectivity index (χ4v) is 5.80. The van der Waals surface area contributed by atoms with Crippen LogP contribution in [0.25, 0.3) is 22.5 Å². The lowest BCUT2D eigenvalue weighted by molar-refractivity contribution is -0.159. The second-order valence-corrected chi connectivity index (χ2v) is 12.1. The molecule has 0 saturated heterocycles. The van der Waals surface area contributed by atoms with E-state index >= 15 is 0 Å². The quantitative estimate of drug-likeness (QED) is 0.110. The maximum Gasteiger partial charge on any atom is 0.329 e. The number of hydrogen-bond acceptors (Lipinski definition) is 7. The first-order chi connectivity index (χ1) is 23.4. The monoisotopic (exact) mass is 645 g/mol. The molecule has 0 bridgehead atoms. The lowest BCUT2D eigenvalue weighted by Crippen LogP contribution is -2.48. The number of tetrazole rings is 1. The molecular formula is C39H43N5O4. The largest absolute Gasteiger partial charge is 0.496 e. The van der Waals surface area contributed by atoms with Crippen LogP contribution in [0.4, 0.5) is 0 Å². The van der Waals surface area contributed by atoms with E-state index in [9.17, 15) is 9.59 Å². The number of aromatic nitrogens is 4. The Balaban J connectivity index is 1.39. The van der Waals surface area contributed by atoms with E-state index in [1.165, 1.54) is 0 Å². The van der Waals surface area contributed by atoms with Crippen molar-refractivity contribution in [1.29, 1.82) is 0 Å². The summed E-state index contributed by atoms with van der Waals surface area (Å²) in [6, 6.07) is 32.8. The summed E-state index contributed by atoms with van der Waals surface area (Å²) >= 11 is 0. The van der Waals surface area contributed by atoms with Gasteiger partial charge in [0, 0.05) is 24.1 Å². The molecule has 0 saturated carbocycles. The maximum absolute atomic E-state index is 13.6. The smallest absolute Gasteiger partial charge is 0.329 e. The lowest BCUT2D eigenvalue weighted by Gasteiger charge is -2.33. The molecule has 48 heavy (non-hydrogen) atoms. The van der Waals surface area contributed by atoms with Gasteiger partial charge in [-0.05, 0) is 51.1 Å². The highest BCUT2D eigenvalue weighted by molar-refractivity contribution is 5.85. The number of rotatable bonds is 15. The summed E-state index contributed by atoms with van der Waals surface area (Å²) in [6.45, 7) is 6.87. The van der Waals surface area contributed by atoms with Crippen molar-refractivity contribution >= 4 is 11.9 Å². The van der Waals surface area contributed by atoms with Crippen molar-refractivity contribution in [1.82, 2.24) is 25.1 Å². The zero-order chi connectivity index (χ0) is 33.9. The number of methoxy groups -OCH3 is 1. The molecule has 0 radical (unpaired) electrons. The van der Waals surface area contributed by atoms with Crippen LogP contribution in [0.3, 0.4) is 0 Å². The number of amides is 1. The van der Waals surface area contributed by atoms with Crippen molar-refractivity contribution in [3.8, 4) is 28.3 Å². The van der Waals surface area contributed by atoms with Crippen LogP contribution in [0.1, 0.15) is 56.7 Å². The summed E-state index contributed by atoms with van der Waals surface area (Å²) in [5.74, 6) is 0.835. The summed E-state index contributed by atoms with van der Waals surface area (Å²) < 4.78 is 13.1. The normalized spacial score (nSPS) is 11.7. The van der Waals surface area contributed by atoms with Crippen molar-refractivity contribution in [2.24, 2.45) is 5.92 Å². The van der Waals surface area contributed by atoms with Gasteiger partial charge >= 0.3 is 5.97 Å². The molecule has 1 atom stereocenters. The van der Waals surface area contributed by atoms with Gasteiger partial charge in [-0.1, -0.05) is 124 Å². The van der Waals surface area contributed by atoms with Gasteiger partial charge in [-0.25, -0.2) is 9.48 Å². The van der Waals surface area contributed by atoms with Crippen LogP contribution in [-0.4, -0.2) is 50.1 Å². The Hall–Kier alpha value is -5.31. The Bertz CT molecular complexity index is 1790. The van der Waals surface area contributed by atoms with Crippen molar-refractivity contribution < 1.29 is 19.1 Å². The van der Waals surface area contributed by atoms with Gasteiger partial charge in [0.2, 0.25) is 5.91 Å². The first-order valence-electron chi connectivity index (χ1n) is 16.5. The molecular weight excluding hydrogens is 602 g/mol. The highest BCUT2D eigenvalue weighted by Crippen LogP contribution is 2.32. The van der Waals surface area contributed by atoms with Crippen molar-refractivity contribution in [3.05, 3.63) is 120 Å². The maximum atomic E-state index is 13.6. The summed E-state index contributed by atoms with van der Waals surface area (Å²) in [5, 5.41) is 12.7. The third-order valence-corrected chi connectivity index (χ3v) is 8.33. The van der Waals surface area contributed by atoms with E-state index in [1.54, 1.807) is 16.7 Å². The molecule has 9 heteroatoms. The third kappa shape index (κ3) is 8.34. The molecule has 0 spiro atoms. The Labute approximate surface area is 282 Å². The first kappa shape index (κ1) is 34.0. The van der Waals surface area contributed by atoms with Crippen molar-refractivity contribution in [2.75, 3.05) is 7.11 Å². The van der Waals surface area contributed by atoms with Gasteiger partial charge in [0.25, 0.3) is 0 Å². The van der Waals surface area contributed by atoms with Crippen LogP contribution < -0.4 is 4.74 Å². The molecule has 0 N–H and O–H groups in total. The molecule has 4 aromatic carbocycles. The predicted octanol–water partition coefficient (Wildman–Crippen LogP) is 7.35. The number of para-hydroxylation sites is 1. The minimum atomic E-state index is -0.708. The van der Waals surface area contributed by atoms with E-state index in [1.807, 2.05) is 117 Å². The van der Waals surface area contributed by atoms with Crippen LogP contribution in [0.2, 0.25) is 0 Å². The first-order valence-corrected chi connectivity index (χ1v) is 16.5. The Morgan fingerprint density at radius 3 is 2.23 bits per heavy atom. The molecule has 0 aliphatic heterocycles. The lowest BCUT2D eigenvalue weighted by atomic mass is 9.97. The Morgan fingerprint density at radius 2 is 1.52 bits per heavy atom. The van der Waals surface area contributed by atoms with Gasteiger partial charge < -0.3 is 14.4 Å². The fourth-order valence-electron chi connectivity index (χ4n) is 5.80. The standard InChI is InChI=1S/C39H43N5O4/c1-5-6-20-36(45)43(37(28(2)3)39(46)48-27-30-14-8-7-9-15-30)25-29-21-23-31(24-22-29)33-17-11-12-18-34(33)38-40-41-42-44(38)26-32-16-10-13-19-35(32)47-4/h7-19,21-24,28,37H,5-6,20,25-27H2,1-4H3/t37-/m0/s1. The van der Waals surface area contributed by atoms with E-state index < -0.39 is 12.0 Å². The van der Waals surface area contributed by atoms with E-state index in [2.05, 4.69) is 22.4 Å². The molecule has 5 rings (SSSR count). The molecule has 248 valence electrons. The second-order valence-electron chi connectivity index (χ2n) is 12.1. The number of ether oxygens (including phenoxy) is 2. The van der Waals surface area contributed by atoms with Crippen LogP contribution in [0.15, 0.2) is 103 Å². The third-order valence-electron chi connectivity index (χ3n) is 8.33. The number of unbranched alkanes of at least 4 members (excludes halogenated alkanes) is 1. The topological polar surface area (TPSA) is 99.4 Å².